The van der Waals surface area contributed by atoms with Gasteiger partial charge in [0.2, 0.25) is 0 Å². The van der Waals surface area contributed by atoms with E-state index in [4.69, 9.17) is 0 Å². The lowest BCUT2D eigenvalue weighted by atomic mass is 10.0. The topological polar surface area (TPSA) is 41.3 Å². The van der Waals surface area contributed by atoms with Gasteiger partial charge < -0.3 is 5.11 Å². The number of halogens is 1. The van der Waals surface area contributed by atoms with E-state index in [9.17, 15) is 9.50 Å². The van der Waals surface area contributed by atoms with Crippen molar-refractivity contribution >= 4 is 0 Å². The average molecular weight is 303 g/mol. The van der Waals surface area contributed by atoms with Crippen molar-refractivity contribution in [1.82, 2.24) is 14.7 Å². The van der Waals surface area contributed by atoms with E-state index in [1.807, 2.05) is 23.0 Å². The summed E-state index contributed by atoms with van der Waals surface area (Å²) >= 11 is 0. The third kappa shape index (κ3) is 3.20. The number of likely N-dealkylation sites (tertiary alicyclic amines) is 1. The molecule has 0 radical (unpaired) electrons. The monoisotopic (exact) mass is 303 g/mol. The lowest BCUT2D eigenvalue weighted by Gasteiger charge is -2.23. The van der Waals surface area contributed by atoms with E-state index < -0.39 is 0 Å². The Hall–Kier alpha value is -1.72. The van der Waals surface area contributed by atoms with Crippen LogP contribution in [0.4, 0.5) is 4.39 Å². The predicted octanol–water partition coefficient (Wildman–Crippen LogP) is 2.91. The van der Waals surface area contributed by atoms with E-state index in [-0.39, 0.29) is 18.0 Å². The minimum Gasteiger partial charge on any atom is -0.392 e. The third-order valence-electron chi connectivity index (χ3n) is 4.21. The van der Waals surface area contributed by atoms with Gasteiger partial charge in [0.25, 0.3) is 0 Å². The summed E-state index contributed by atoms with van der Waals surface area (Å²) in [5, 5.41) is 14.4. The molecule has 3 rings (SSSR count). The Morgan fingerprint density at radius 1 is 1.32 bits per heavy atom. The number of benzene rings is 1. The highest BCUT2D eigenvalue weighted by Gasteiger charge is 2.32. The number of hydrogen-bond donors (Lipinski definition) is 1. The third-order valence-corrected chi connectivity index (χ3v) is 4.21. The predicted molar refractivity (Wildman–Crippen MR) is 82.8 cm³/mol. The Morgan fingerprint density at radius 2 is 2.05 bits per heavy atom. The van der Waals surface area contributed by atoms with Crippen molar-refractivity contribution in [1.29, 1.82) is 0 Å². The van der Waals surface area contributed by atoms with Crippen LogP contribution < -0.4 is 0 Å². The van der Waals surface area contributed by atoms with Crippen LogP contribution in [-0.4, -0.2) is 32.4 Å². The molecule has 5 heteroatoms. The Kier molecular flexibility index (Phi) is 4.27. The van der Waals surface area contributed by atoms with Crippen molar-refractivity contribution in [2.75, 3.05) is 6.54 Å². The fraction of sp³-hybridized carbons (Fsp3) is 0.471. The first-order valence-corrected chi connectivity index (χ1v) is 7.73. The van der Waals surface area contributed by atoms with E-state index in [0.29, 0.717) is 19.0 Å². The second-order valence-corrected chi connectivity index (χ2v) is 6.31. The number of β-amino-alcohol motifs (C(OH)–C–C–N with tert-alkyl or cyclic N) is 1. The zero-order chi connectivity index (χ0) is 15.7. The smallest absolute Gasteiger partial charge is 0.123 e. The van der Waals surface area contributed by atoms with Crippen molar-refractivity contribution < 1.29 is 9.50 Å². The summed E-state index contributed by atoms with van der Waals surface area (Å²) in [6.45, 7) is 5.57. The van der Waals surface area contributed by atoms with Crippen LogP contribution in [0.5, 0.6) is 0 Å². The molecule has 1 N–H and O–H groups in total. The number of hydrogen-bond acceptors (Lipinski definition) is 3. The van der Waals surface area contributed by atoms with Gasteiger partial charge in [-0.25, -0.2) is 4.39 Å². The molecule has 1 fully saturated rings. The van der Waals surface area contributed by atoms with Crippen LogP contribution in [0.2, 0.25) is 0 Å². The molecule has 4 nitrogen and oxygen atoms in total. The van der Waals surface area contributed by atoms with Crippen LogP contribution in [-0.2, 0) is 6.54 Å². The number of aliphatic hydroxyl groups excluding tert-OH is 1. The Balaban J connectivity index is 1.76. The Bertz CT molecular complexity index is 623. The first-order chi connectivity index (χ1) is 10.5. The van der Waals surface area contributed by atoms with Crippen LogP contribution in [0.25, 0.3) is 0 Å². The van der Waals surface area contributed by atoms with Crippen molar-refractivity contribution in [2.24, 2.45) is 0 Å². The maximum absolute atomic E-state index is 13.1. The standard InChI is InChI=1S/C17H22FN3O/c1-12(2)21-10-13(8-19-21)9-20-11-16(22)7-17(20)14-3-5-15(18)6-4-14/h3-6,8,10,12,16-17,22H,7,9,11H2,1-2H3. The lowest BCUT2D eigenvalue weighted by Crippen LogP contribution is -2.24. The molecule has 2 heterocycles. The van der Waals surface area contributed by atoms with E-state index in [1.165, 1.54) is 12.1 Å². The highest BCUT2D eigenvalue weighted by atomic mass is 19.1. The van der Waals surface area contributed by atoms with Crippen molar-refractivity contribution in [3.63, 3.8) is 0 Å². The second-order valence-electron chi connectivity index (χ2n) is 6.31. The van der Waals surface area contributed by atoms with Gasteiger partial charge in [0, 0.05) is 36.9 Å². The van der Waals surface area contributed by atoms with Crippen LogP contribution >= 0.6 is 0 Å². The fourth-order valence-corrected chi connectivity index (χ4v) is 3.06. The maximum atomic E-state index is 13.1. The Labute approximate surface area is 130 Å². The van der Waals surface area contributed by atoms with E-state index >= 15 is 0 Å². The van der Waals surface area contributed by atoms with Gasteiger partial charge in [-0.1, -0.05) is 12.1 Å². The summed E-state index contributed by atoms with van der Waals surface area (Å²) in [5.41, 5.74) is 2.18. The summed E-state index contributed by atoms with van der Waals surface area (Å²) < 4.78 is 15.0. The summed E-state index contributed by atoms with van der Waals surface area (Å²) in [5.74, 6) is -0.230. The summed E-state index contributed by atoms with van der Waals surface area (Å²) in [4.78, 5) is 2.24. The summed E-state index contributed by atoms with van der Waals surface area (Å²) in [7, 11) is 0. The molecular weight excluding hydrogens is 281 g/mol. The van der Waals surface area contributed by atoms with Gasteiger partial charge in [-0.3, -0.25) is 9.58 Å². The SMILES string of the molecule is CC(C)n1cc(CN2CC(O)CC2c2ccc(F)cc2)cn1. The lowest BCUT2D eigenvalue weighted by molar-refractivity contribution is 0.172. The number of aromatic nitrogens is 2. The molecule has 1 saturated heterocycles. The van der Waals surface area contributed by atoms with Crippen LogP contribution in [0.1, 0.15) is 43.5 Å². The molecule has 0 bridgehead atoms. The molecule has 0 amide bonds. The van der Waals surface area contributed by atoms with Crippen LogP contribution in [0, 0.1) is 5.82 Å². The molecular formula is C17H22FN3O. The molecule has 1 aliphatic heterocycles. The zero-order valence-electron chi connectivity index (χ0n) is 13.0. The van der Waals surface area contributed by atoms with Gasteiger partial charge in [0.15, 0.2) is 0 Å². The second kappa shape index (κ2) is 6.18. The Morgan fingerprint density at radius 3 is 2.68 bits per heavy atom. The molecule has 118 valence electrons. The zero-order valence-corrected chi connectivity index (χ0v) is 13.0. The van der Waals surface area contributed by atoms with Gasteiger partial charge >= 0.3 is 0 Å². The molecule has 0 spiro atoms. The van der Waals surface area contributed by atoms with Gasteiger partial charge in [0.05, 0.1) is 12.3 Å². The van der Waals surface area contributed by atoms with Crippen LogP contribution in [0.15, 0.2) is 36.7 Å². The molecule has 2 atom stereocenters. The highest BCUT2D eigenvalue weighted by molar-refractivity contribution is 5.22. The molecule has 22 heavy (non-hydrogen) atoms. The van der Waals surface area contributed by atoms with Crippen molar-refractivity contribution in [3.8, 4) is 0 Å². The maximum Gasteiger partial charge on any atom is 0.123 e. The minimum atomic E-state index is -0.338. The first kappa shape index (κ1) is 15.2. The molecule has 1 aromatic heterocycles. The van der Waals surface area contributed by atoms with E-state index in [0.717, 1.165) is 17.7 Å². The summed E-state index contributed by atoms with van der Waals surface area (Å²) in [6.07, 6.45) is 4.28. The molecule has 0 aliphatic carbocycles. The van der Waals surface area contributed by atoms with E-state index in [1.54, 1.807) is 0 Å². The molecule has 2 aromatic rings. The van der Waals surface area contributed by atoms with Gasteiger partial charge in [-0.15, -0.1) is 0 Å². The molecule has 1 aromatic carbocycles. The van der Waals surface area contributed by atoms with Gasteiger partial charge in [-0.2, -0.15) is 5.10 Å². The quantitative estimate of drug-likeness (QED) is 0.944. The number of aliphatic hydroxyl groups is 1. The van der Waals surface area contributed by atoms with Gasteiger partial charge in [0.1, 0.15) is 5.82 Å². The molecule has 0 saturated carbocycles. The van der Waals surface area contributed by atoms with Gasteiger partial charge in [-0.05, 0) is 38.0 Å². The fourth-order valence-electron chi connectivity index (χ4n) is 3.06. The highest BCUT2D eigenvalue weighted by Crippen LogP contribution is 2.33. The van der Waals surface area contributed by atoms with E-state index in [2.05, 4.69) is 30.0 Å². The normalized spacial score (nSPS) is 22.6. The average Bonchev–Trinajstić information content (AvgIpc) is 3.07. The largest absolute Gasteiger partial charge is 0.392 e. The number of rotatable bonds is 4. The summed E-state index contributed by atoms with van der Waals surface area (Å²) in [6, 6.07) is 7.04. The van der Waals surface area contributed by atoms with Crippen molar-refractivity contribution in [2.45, 2.75) is 45.0 Å². The van der Waals surface area contributed by atoms with Crippen molar-refractivity contribution in [3.05, 3.63) is 53.6 Å². The minimum absolute atomic E-state index is 0.123. The first-order valence-electron chi connectivity index (χ1n) is 7.73. The molecule has 1 aliphatic rings. The number of nitrogens with zero attached hydrogens (tertiary/aromatic N) is 3. The molecule has 2 unspecified atom stereocenters. The van der Waals surface area contributed by atoms with Crippen LogP contribution in [0.3, 0.4) is 0 Å².